The molecule has 4 unspecified atom stereocenters. The second-order valence-electron chi connectivity index (χ2n) is 20.6. The van der Waals surface area contributed by atoms with Crippen LogP contribution in [0.1, 0.15) is 111 Å². The summed E-state index contributed by atoms with van der Waals surface area (Å²) in [5.41, 5.74) is 18.6. The second kappa shape index (κ2) is 10.2. The number of anilines is 3. The van der Waals surface area contributed by atoms with Crippen LogP contribution in [-0.2, 0) is 0 Å². The Morgan fingerprint density at radius 2 is 1.42 bits per heavy atom. The van der Waals surface area contributed by atoms with Gasteiger partial charge in [0.25, 0.3) is 0 Å². The van der Waals surface area contributed by atoms with Gasteiger partial charge < -0.3 is 14.2 Å². The third-order valence-electron chi connectivity index (χ3n) is 15.7. The van der Waals surface area contributed by atoms with Gasteiger partial charge in [-0.1, -0.05) is 115 Å². The van der Waals surface area contributed by atoms with Crippen molar-refractivity contribution in [3.05, 3.63) is 118 Å². The van der Waals surface area contributed by atoms with Gasteiger partial charge in [-0.15, -0.1) is 0 Å². The summed E-state index contributed by atoms with van der Waals surface area (Å²) in [4.78, 5) is 5.61. The average Bonchev–Trinajstić information content (AvgIpc) is 3.66. The van der Waals surface area contributed by atoms with E-state index in [9.17, 15) is 0 Å². The number of hydrogen-bond donors (Lipinski definition) is 0. The summed E-state index contributed by atoms with van der Waals surface area (Å²) in [6.07, 6.45) is 22.5. The highest BCUT2D eigenvalue weighted by Gasteiger charge is 2.58. The minimum absolute atomic E-state index is 0.169. The number of nitrogens with zero attached hydrogens (tertiary/aromatic N) is 2. The molecule has 11 rings (SSSR count). The minimum atomic E-state index is 0.169. The van der Waals surface area contributed by atoms with Crippen molar-refractivity contribution in [2.24, 2.45) is 21.7 Å². The summed E-state index contributed by atoms with van der Waals surface area (Å²) in [5.74, 6) is 1.74. The minimum Gasteiger partial charge on any atom is -0.458 e. The van der Waals surface area contributed by atoms with Crippen LogP contribution in [0.5, 0.6) is 0 Å². The fourth-order valence-electron chi connectivity index (χ4n) is 12.6. The maximum absolute atomic E-state index is 6.81. The van der Waals surface area contributed by atoms with Crippen LogP contribution in [0.3, 0.4) is 0 Å². The van der Waals surface area contributed by atoms with E-state index in [2.05, 4.69) is 145 Å². The van der Waals surface area contributed by atoms with Crippen LogP contribution in [0, 0.1) is 28.6 Å². The number of benzene rings is 2. The van der Waals surface area contributed by atoms with Crippen molar-refractivity contribution < 1.29 is 4.42 Å². The number of hydrogen-bond acceptors (Lipinski definition) is 3. The SMILES string of the molecule is Cc1cc2c3c(c1)N1c4c(oc5ccccc45)C4C=CC=C(B3C3CC5=C(C=C3N2C2C=CC3=C(C2)C(C)(C)CCC3(C)C)C(C)(C)CCC5(C)C)C41. The van der Waals surface area contributed by atoms with E-state index in [1.807, 2.05) is 0 Å². The Morgan fingerprint density at radius 3 is 2.17 bits per heavy atom. The maximum atomic E-state index is 6.81. The van der Waals surface area contributed by atoms with Gasteiger partial charge in [-0.3, -0.25) is 0 Å². The second-order valence-corrected chi connectivity index (χ2v) is 20.6. The molecule has 8 aliphatic rings. The quantitative estimate of drug-likeness (QED) is 0.236. The number of furan rings is 1. The van der Waals surface area contributed by atoms with E-state index in [-0.39, 0.29) is 39.7 Å². The number of rotatable bonds is 1. The van der Waals surface area contributed by atoms with Crippen molar-refractivity contribution in [2.75, 3.05) is 9.80 Å². The molecule has 270 valence electrons. The number of allylic oxidation sites excluding steroid dienone is 8. The summed E-state index contributed by atoms with van der Waals surface area (Å²) in [7, 11) is 0. The lowest BCUT2D eigenvalue weighted by atomic mass is 9.26. The van der Waals surface area contributed by atoms with Crippen molar-refractivity contribution in [2.45, 2.75) is 125 Å². The van der Waals surface area contributed by atoms with Gasteiger partial charge in [-0.25, -0.2) is 0 Å². The molecule has 0 N–H and O–H groups in total. The highest BCUT2D eigenvalue weighted by Crippen LogP contribution is 2.63. The smallest absolute Gasteiger partial charge is 0.221 e. The van der Waals surface area contributed by atoms with Crippen LogP contribution < -0.4 is 15.3 Å². The average molecular weight is 699 g/mol. The van der Waals surface area contributed by atoms with E-state index >= 15 is 0 Å². The number of fused-ring (bicyclic) bond motifs is 9. The van der Waals surface area contributed by atoms with Gasteiger partial charge in [0.05, 0.1) is 23.7 Å². The maximum Gasteiger partial charge on any atom is 0.221 e. The molecule has 4 heterocycles. The fourth-order valence-corrected chi connectivity index (χ4v) is 12.6. The third-order valence-corrected chi connectivity index (χ3v) is 15.7. The molecule has 0 saturated carbocycles. The molecule has 2 aromatic carbocycles. The van der Waals surface area contributed by atoms with Gasteiger partial charge >= 0.3 is 0 Å². The molecule has 0 spiro atoms. The van der Waals surface area contributed by atoms with Crippen LogP contribution in [-0.4, -0.2) is 18.8 Å². The molecule has 0 saturated heterocycles. The lowest BCUT2D eigenvalue weighted by Gasteiger charge is -2.56. The van der Waals surface area contributed by atoms with Crippen LogP contribution in [0.2, 0.25) is 5.82 Å². The first kappa shape index (κ1) is 32.5. The van der Waals surface area contributed by atoms with Crippen molar-refractivity contribution in [3.8, 4) is 0 Å². The Morgan fingerprint density at radius 1 is 0.755 bits per heavy atom. The molecule has 0 amide bonds. The Hall–Kier alpha value is -3.92. The lowest BCUT2D eigenvalue weighted by Crippen LogP contribution is -2.60. The summed E-state index contributed by atoms with van der Waals surface area (Å²) in [6.45, 7) is 22.7. The Kier molecular flexibility index (Phi) is 6.27. The highest BCUT2D eigenvalue weighted by atomic mass is 16.3. The molecule has 4 atom stereocenters. The van der Waals surface area contributed by atoms with Crippen LogP contribution >= 0.6 is 0 Å². The summed E-state index contributed by atoms with van der Waals surface area (Å²) in [6, 6.07) is 14.3. The first-order valence-corrected chi connectivity index (χ1v) is 20.7. The fraction of sp³-hybridized carbons (Fsp3) is 0.469. The molecule has 5 aliphatic carbocycles. The zero-order valence-electron chi connectivity index (χ0n) is 33.4. The Bertz CT molecular complexity index is 2370. The van der Waals surface area contributed by atoms with Gasteiger partial charge in [-0.2, -0.15) is 0 Å². The molecule has 0 radical (unpaired) electrons. The topological polar surface area (TPSA) is 19.6 Å². The molecule has 4 heteroatoms. The number of para-hydroxylation sites is 1. The van der Waals surface area contributed by atoms with Crippen molar-refractivity contribution in [3.63, 3.8) is 0 Å². The molecule has 0 fully saturated rings. The third kappa shape index (κ3) is 4.19. The van der Waals surface area contributed by atoms with E-state index in [0.717, 1.165) is 24.2 Å². The summed E-state index contributed by atoms with van der Waals surface area (Å²) < 4.78 is 6.81. The number of aryl methyl sites for hydroxylation is 1. The van der Waals surface area contributed by atoms with E-state index < -0.39 is 0 Å². The normalized spacial score (nSPS) is 30.3. The predicted molar refractivity (Wildman–Crippen MR) is 223 cm³/mol. The van der Waals surface area contributed by atoms with E-state index in [4.69, 9.17) is 4.42 Å². The van der Waals surface area contributed by atoms with Crippen molar-refractivity contribution in [1.82, 2.24) is 0 Å². The van der Waals surface area contributed by atoms with Gasteiger partial charge in [0, 0.05) is 22.5 Å². The summed E-state index contributed by atoms with van der Waals surface area (Å²) in [5, 5.41) is 1.24. The first-order valence-electron chi connectivity index (χ1n) is 20.7. The van der Waals surface area contributed by atoms with Gasteiger partial charge in [0.2, 0.25) is 6.71 Å². The zero-order chi connectivity index (χ0) is 36.6. The summed E-state index contributed by atoms with van der Waals surface area (Å²) >= 11 is 0. The Balaban J connectivity index is 1.18. The molecule has 3 aromatic rings. The van der Waals surface area contributed by atoms with E-state index in [0.29, 0.717) is 12.5 Å². The van der Waals surface area contributed by atoms with Gasteiger partial charge in [0.1, 0.15) is 11.3 Å². The molecule has 0 bridgehead atoms. The highest BCUT2D eigenvalue weighted by molar-refractivity contribution is 6.86. The molecule has 53 heavy (non-hydrogen) atoms. The molecule has 3 aliphatic heterocycles. The molecule has 3 nitrogen and oxygen atoms in total. The van der Waals surface area contributed by atoms with Crippen LogP contribution in [0.25, 0.3) is 11.0 Å². The first-order chi connectivity index (χ1) is 25.2. The van der Waals surface area contributed by atoms with E-state index in [1.54, 1.807) is 38.9 Å². The van der Waals surface area contributed by atoms with Crippen molar-refractivity contribution >= 4 is 40.2 Å². The van der Waals surface area contributed by atoms with Gasteiger partial charge in [-0.05, 0) is 125 Å². The van der Waals surface area contributed by atoms with Crippen LogP contribution in [0.15, 0.2) is 111 Å². The zero-order valence-corrected chi connectivity index (χ0v) is 33.4. The standard InChI is InChI=1S/C49H55BN2O/c1-28-23-39-42-40(24-28)52-43-31(45-44(52)30-13-10-11-16-41(30)53-45)14-12-15-36(43)50(42)37-26-34-35(49(8,9)22-21-48(34,6)7)27-38(37)51(39)29-17-18-32-33(25-29)47(4,5)20-19-46(32,2)3/h10-18,23-24,27,29,31,37,43H,19-22,25-26H2,1-9H3. The van der Waals surface area contributed by atoms with Gasteiger partial charge in [0.15, 0.2) is 0 Å². The lowest BCUT2D eigenvalue weighted by molar-refractivity contribution is 0.254. The largest absolute Gasteiger partial charge is 0.458 e. The van der Waals surface area contributed by atoms with Crippen molar-refractivity contribution in [1.29, 1.82) is 0 Å². The van der Waals surface area contributed by atoms with E-state index in [1.165, 1.54) is 53.7 Å². The molecular weight excluding hydrogens is 643 g/mol. The predicted octanol–water partition coefficient (Wildman–Crippen LogP) is 12.2. The monoisotopic (exact) mass is 698 g/mol. The molecule has 1 aromatic heterocycles. The van der Waals surface area contributed by atoms with Crippen LogP contribution in [0.4, 0.5) is 17.1 Å². The Labute approximate surface area is 317 Å². The molecular formula is C49H55BN2O.